The lowest BCUT2D eigenvalue weighted by Gasteiger charge is -2.33. The van der Waals surface area contributed by atoms with Crippen molar-refractivity contribution in [2.24, 2.45) is 10.7 Å². The number of benzene rings is 1. The highest BCUT2D eigenvalue weighted by molar-refractivity contribution is 6.46. The van der Waals surface area contributed by atoms with Crippen molar-refractivity contribution < 1.29 is 36.2 Å². The minimum absolute atomic E-state index is 0.0457. The smallest absolute Gasteiger partial charge is 0.416 e. The number of hydrogen-bond donors (Lipinski definition) is 2. The Bertz CT molecular complexity index is 1840. The molecule has 1 aromatic carbocycles. The molecule has 4 N–H and O–H groups in total. The van der Waals surface area contributed by atoms with E-state index in [1.807, 2.05) is 9.80 Å². The number of ether oxygens (including phenoxy) is 2. The van der Waals surface area contributed by atoms with Gasteiger partial charge in [0.2, 0.25) is 0 Å². The molecule has 1 aromatic heterocycles. The van der Waals surface area contributed by atoms with Gasteiger partial charge in [-0.2, -0.15) is 23.1 Å². The summed E-state index contributed by atoms with van der Waals surface area (Å²) in [5.74, 6) is -1.13. The van der Waals surface area contributed by atoms with Crippen molar-refractivity contribution in [2.75, 3.05) is 50.0 Å². The molecule has 4 aliphatic heterocycles. The van der Waals surface area contributed by atoms with Crippen molar-refractivity contribution in [3.8, 4) is 6.01 Å². The molecule has 4 fully saturated rings. The van der Waals surface area contributed by atoms with Gasteiger partial charge in [-0.3, -0.25) is 14.7 Å². The van der Waals surface area contributed by atoms with Gasteiger partial charge in [-0.25, -0.2) is 8.78 Å². The van der Waals surface area contributed by atoms with E-state index in [0.29, 0.717) is 55.3 Å². The van der Waals surface area contributed by atoms with Gasteiger partial charge in [0, 0.05) is 55.7 Å². The number of rotatable bonds is 9. The van der Waals surface area contributed by atoms with Gasteiger partial charge in [0.05, 0.1) is 52.5 Å². The monoisotopic (exact) mass is 764 g/mol. The highest BCUT2D eigenvalue weighted by Crippen LogP contribution is 2.44. The highest BCUT2D eigenvalue weighted by atomic mass is 35.5. The number of carbonyl (C=O) groups is 1. The number of nitrogen functional groups attached to an aromatic ring is 1. The lowest BCUT2D eigenvalue weighted by atomic mass is 9.93. The Hall–Kier alpha value is -3.76. The first kappa shape index (κ1) is 36.2. The minimum Gasteiger partial charge on any atom is -0.461 e. The Balaban J connectivity index is 1.13. The number of nitrogens with zero attached hydrogens (tertiary/aromatic N) is 6. The molecule has 1 unspecified atom stereocenters. The molecule has 53 heavy (non-hydrogen) atoms. The van der Waals surface area contributed by atoms with Crippen LogP contribution in [-0.4, -0.2) is 94.5 Å². The molecule has 286 valence electrons. The molecule has 0 radical (unpaired) electrons. The van der Waals surface area contributed by atoms with Gasteiger partial charge in [-0.15, -0.1) is 0 Å². The molecule has 2 aliphatic carbocycles. The first-order chi connectivity index (χ1) is 25.3. The number of carbonyl (C=O) groups excluding carboxylic acids is 1. The van der Waals surface area contributed by atoms with Crippen LogP contribution in [0.2, 0.25) is 0 Å². The lowest BCUT2D eigenvalue weighted by molar-refractivity contribution is -0.140. The number of aromatic nitrogens is 2. The number of anilines is 2. The topological polar surface area (TPSA) is 135 Å². The molecule has 11 nitrogen and oxygen atoms in total. The summed E-state index contributed by atoms with van der Waals surface area (Å²) in [7, 11) is 0. The van der Waals surface area contributed by atoms with Gasteiger partial charge in [-0.05, 0) is 63.6 Å². The second-order valence-electron chi connectivity index (χ2n) is 15.1. The second kappa shape index (κ2) is 13.8. The number of nitrogens with two attached hydrogens (primary N) is 2. The molecule has 5 heterocycles. The van der Waals surface area contributed by atoms with Crippen LogP contribution in [0.4, 0.5) is 33.5 Å². The normalized spacial score (nSPS) is 26.8. The van der Waals surface area contributed by atoms with Crippen LogP contribution in [0, 0.1) is 5.82 Å². The molecule has 3 atom stereocenters. The summed E-state index contributed by atoms with van der Waals surface area (Å²) in [4.78, 5) is 33.5. The van der Waals surface area contributed by atoms with Crippen molar-refractivity contribution in [1.82, 2.24) is 19.8 Å². The van der Waals surface area contributed by atoms with Crippen LogP contribution in [0.1, 0.15) is 79.9 Å². The molecule has 17 heteroatoms. The predicted octanol–water partition coefficient (Wildman–Crippen LogP) is 5.20. The minimum atomic E-state index is -4.87. The summed E-state index contributed by atoms with van der Waals surface area (Å²) < 4.78 is 84.6. The van der Waals surface area contributed by atoms with E-state index < -0.39 is 46.6 Å². The van der Waals surface area contributed by atoms with E-state index in [9.17, 15) is 22.4 Å². The van der Waals surface area contributed by atoms with E-state index in [1.165, 1.54) is 0 Å². The van der Waals surface area contributed by atoms with Crippen LogP contribution in [-0.2, 0) is 28.7 Å². The Labute approximate surface area is 308 Å². The van der Waals surface area contributed by atoms with E-state index in [2.05, 4.69) is 14.9 Å². The van der Waals surface area contributed by atoms with E-state index in [0.717, 1.165) is 57.2 Å². The fourth-order valence-corrected chi connectivity index (χ4v) is 8.59. The molecule has 1 amide bonds. The molecule has 2 saturated heterocycles. The molecule has 8 rings (SSSR count). The van der Waals surface area contributed by atoms with Crippen LogP contribution in [0.5, 0.6) is 6.01 Å². The molecular weight excluding hydrogens is 723 g/mol. The van der Waals surface area contributed by atoms with Crippen molar-refractivity contribution in [1.29, 1.82) is 0 Å². The van der Waals surface area contributed by atoms with E-state index in [-0.39, 0.29) is 60.9 Å². The Kier molecular flexibility index (Phi) is 9.45. The average molecular weight is 765 g/mol. The van der Waals surface area contributed by atoms with Crippen molar-refractivity contribution in [3.63, 3.8) is 0 Å². The van der Waals surface area contributed by atoms with Gasteiger partial charge in [0.25, 0.3) is 5.91 Å². The summed E-state index contributed by atoms with van der Waals surface area (Å²) in [6.07, 6.45) is -1.19. The number of fused-ring (bicyclic) bond motifs is 2. The third-order valence-electron chi connectivity index (χ3n) is 11.3. The maximum Gasteiger partial charge on any atom is 0.416 e. The largest absolute Gasteiger partial charge is 0.461 e. The number of amides is 1. The van der Waals surface area contributed by atoms with Crippen molar-refractivity contribution >= 4 is 34.7 Å². The first-order valence-corrected chi connectivity index (χ1v) is 18.7. The predicted molar refractivity (Wildman–Crippen MR) is 187 cm³/mol. The van der Waals surface area contributed by atoms with Crippen LogP contribution in [0.25, 0.3) is 0 Å². The van der Waals surface area contributed by atoms with Gasteiger partial charge in [0.15, 0.2) is 5.82 Å². The maximum absolute atomic E-state index is 15.4. The SMILES string of the molecule is N/C(C(=O)N(C1CC1)C1CC1)=C(/Cl)C1=NCCCN(c2nc(OCC34CCCN3C[C@H](F)C4)nc3c2CO[C@H](c2c(C(F)(F)F)ccc(N)c2F)C3)C1. The van der Waals surface area contributed by atoms with Gasteiger partial charge >= 0.3 is 12.2 Å². The lowest BCUT2D eigenvalue weighted by Crippen LogP contribution is -2.43. The average Bonchev–Trinajstić information content (AvgIpc) is 4.06. The highest BCUT2D eigenvalue weighted by Gasteiger charge is 2.50. The molecule has 2 saturated carbocycles. The molecular formula is C36H42ClF5N8O3. The Morgan fingerprint density at radius 1 is 1.13 bits per heavy atom. The van der Waals surface area contributed by atoms with Crippen LogP contribution in [0.15, 0.2) is 27.9 Å². The Morgan fingerprint density at radius 2 is 1.89 bits per heavy atom. The molecule has 2 aromatic rings. The van der Waals surface area contributed by atoms with Crippen LogP contribution in [0.3, 0.4) is 0 Å². The third kappa shape index (κ3) is 7.02. The third-order valence-corrected chi connectivity index (χ3v) is 11.7. The number of halogens is 6. The van der Waals surface area contributed by atoms with Gasteiger partial charge in [0.1, 0.15) is 24.3 Å². The zero-order valence-electron chi connectivity index (χ0n) is 29.1. The van der Waals surface area contributed by atoms with E-state index >= 15 is 4.39 Å². The maximum atomic E-state index is 15.4. The van der Waals surface area contributed by atoms with Crippen molar-refractivity contribution in [3.05, 3.63) is 51.1 Å². The quantitative estimate of drug-likeness (QED) is 0.201. The van der Waals surface area contributed by atoms with Crippen LogP contribution < -0.4 is 21.1 Å². The van der Waals surface area contributed by atoms with Crippen molar-refractivity contribution in [2.45, 2.75) is 100 Å². The molecule has 0 spiro atoms. The second-order valence-corrected chi connectivity index (χ2v) is 15.4. The summed E-state index contributed by atoms with van der Waals surface area (Å²) >= 11 is 6.85. The summed E-state index contributed by atoms with van der Waals surface area (Å²) in [5.41, 5.74) is 10.4. The fourth-order valence-electron chi connectivity index (χ4n) is 8.39. The Morgan fingerprint density at radius 3 is 2.60 bits per heavy atom. The summed E-state index contributed by atoms with van der Waals surface area (Å²) in [5, 5.41) is 0.0585. The summed E-state index contributed by atoms with van der Waals surface area (Å²) in [6.45, 7) is 1.89. The van der Waals surface area contributed by atoms with Gasteiger partial charge < -0.3 is 30.7 Å². The summed E-state index contributed by atoms with van der Waals surface area (Å²) in [6, 6.07) is 1.93. The molecule has 6 aliphatic rings. The van der Waals surface area contributed by atoms with Crippen LogP contribution >= 0.6 is 11.6 Å². The van der Waals surface area contributed by atoms with E-state index in [1.54, 1.807) is 0 Å². The number of hydrogen-bond acceptors (Lipinski definition) is 10. The number of aliphatic imine (C=N–C) groups is 1. The zero-order chi connectivity index (χ0) is 37.2. The zero-order valence-corrected chi connectivity index (χ0v) is 29.9. The van der Waals surface area contributed by atoms with E-state index in [4.69, 9.17) is 37.5 Å². The van der Waals surface area contributed by atoms with Gasteiger partial charge in [-0.1, -0.05) is 11.6 Å². The first-order valence-electron chi connectivity index (χ1n) is 18.3. The standard InChI is InChI=1S/C36H42ClF5N8O3/c37-29(31(44)33(51)50(20-3-4-20)21-5-6-21)26-16-48(11-2-10-45-26)32-22-17-52-27(28-23(36(40,41)42)7-8-24(43)30(28)39)13-25(22)46-34(47-32)53-18-35-9-1-12-49(35)15-19(38)14-35/h7-8,19-21,27H,1-6,9-18,43-44H2/b31-29+/t19-,27+,35?/m1/s1. The fraction of sp³-hybridized carbons (Fsp3) is 0.611. The molecule has 0 bridgehead atoms. The number of alkyl halides is 4.